The molecule has 2 rings (SSSR count). The second-order valence-electron chi connectivity index (χ2n) is 6.64. The van der Waals surface area contributed by atoms with Gasteiger partial charge in [0.05, 0.1) is 0 Å². The van der Waals surface area contributed by atoms with Crippen molar-refractivity contribution in [3.8, 4) is 0 Å². The summed E-state index contributed by atoms with van der Waals surface area (Å²) in [5, 5.41) is 13.0. The van der Waals surface area contributed by atoms with Gasteiger partial charge in [-0.1, -0.05) is 48.0 Å². The number of rotatable bonds is 4. The number of hydrogen-bond donors (Lipinski definition) is 2. The van der Waals surface area contributed by atoms with Crippen molar-refractivity contribution in [2.45, 2.75) is 32.4 Å². The predicted octanol–water partition coefficient (Wildman–Crippen LogP) is 4.80. The Morgan fingerprint density at radius 3 is 2.24 bits per heavy atom. The van der Waals surface area contributed by atoms with Crippen molar-refractivity contribution >= 4 is 29.3 Å². The molecule has 1 unspecified atom stereocenters. The largest absolute Gasteiger partial charge is 0.465 e. The molecule has 0 saturated carbocycles. The maximum Gasteiger partial charge on any atom is 0.408 e. The molecule has 0 bridgehead atoms. The molecular formula is C19H21ClN2O3. The quantitative estimate of drug-likeness (QED) is 0.822. The Bertz CT molecular complexity index is 757. The van der Waals surface area contributed by atoms with Crippen LogP contribution in [0, 0.1) is 0 Å². The molecule has 2 aromatic carbocycles. The van der Waals surface area contributed by atoms with Gasteiger partial charge in [0.1, 0.15) is 6.04 Å². The Morgan fingerprint density at radius 1 is 1.08 bits per heavy atom. The second kappa shape index (κ2) is 7.57. The van der Waals surface area contributed by atoms with Crippen LogP contribution in [0.2, 0.25) is 5.02 Å². The third kappa shape index (κ3) is 4.73. The van der Waals surface area contributed by atoms with Crippen LogP contribution in [-0.2, 0) is 4.79 Å². The Balaban J connectivity index is 2.44. The summed E-state index contributed by atoms with van der Waals surface area (Å²) >= 11 is 5.95. The molecule has 0 heterocycles. The Hall–Kier alpha value is -2.53. The molecule has 0 aliphatic heterocycles. The van der Waals surface area contributed by atoms with Gasteiger partial charge in [-0.15, -0.1) is 0 Å². The molecular weight excluding hydrogens is 340 g/mol. The van der Waals surface area contributed by atoms with E-state index in [-0.39, 0.29) is 0 Å². The molecule has 0 fully saturated rings. The van der Waals surface area contributed by atoms with Gasteiger partial charge in [0.2, 0.25) is 0 Å². The number of hydrogen-bond acceptors (Lipinski definition) is 2. The highest BCUT2D eigenvalue weighted by Gasteiger charge is 2.38. The number of carboxylic acid groups (broad SMARTS) is 1. The van der Waals surface area contributed by atoms with Gasteiger partial charge in [0, 0.05) is 16.2 Å². The monoisotopic (exact) mass is 360 g/mol. The van der Waals surface area contributed by atoms with Crippen LogP contribution in [0.25, 0.3) is 0 Å². The van der Waals surface area contributed by atoms with Crippen molar-refractivity contribution in [2.75, 3.05) is 5.32 Å². The van der Waals surface area contributed by atoms with Gasteiger partial charge in [0.25, 0.3) is 5.91 Å². The van der Waals surface area contributed by atoms with Gasteiger partial charge in [0.15, 0.2) is 0 Å². The van der Waals surface area contributed by atoms with Gasteiger partial charge in [-0.25, -0.2) is 4.79 Å². The van der Waals surface area contributed by atoms with Gasteiger partial charge < -0.3 is 10.4 Å². The maximum atomic E-state index is 13.0. The first-order chi connectivity index (χ1) is 11.7. The minimum atomic E-state index is -1.16. The number of anilines is 1. The summed E-state index contributed by atoms with van der Waals surface area (Å²) in [6, 6.07) is 14.6. The van der Waals surface area contributed by atoms with Crippen LogP contribution in [0.3, 0.4) is 0 Å². The third-order valence-electron chi connectivity index (χ3n) is 3.64. The minimum absolute atomic E-state index is 0.439. The van der Waals surface area contributed by atoms with E-state index in [2.05, 4.69) is 5.32 Å². The van der Waals surface area contributed by atoms with E-state index in [1.807, 2.05) is 6.07 Å². The van der Waals surface area contributed by atoms with Crippen LogP contribution in [-0.4, -0.2) is 27.5 Å². The molecule has 0 aliphatic carbocycles. The Morgan fingerprint density at radius 2 is 1.72 bits per heavy atom. The highest BCUT2D eigenvalue weighted by molar-refractivity contribution is 6.30. The van der Waals surface area contributed by atoms with Gasteiger partial charge in [-0.3, -0.25) is 9.69 Å². The van der Waals surface area contributed by atoms with E-state index < -0.39 is 23.6 Å². The molecule has 5 nitrogen and oxygen atoms in total. The molecule has 0 aromatic heterocycles. The van der Waals surface area contributed by atoms with Crippen molar-refractivity contribution in [3.63, 3.8) is 0 Å². The average Bonchev–Trinajstić information content (AvgIpc) is 2.51. The molecule has 0 radical (unpaired) electrons. The highest BCUT2D eigenvalue weighted by Crippen LogP contribution is 2.30. The molecule has 2 amide bonds. The standard InChI is InChI=1S/C19H21ClN2O3/c1-19(2,3)22(18(24)25)16(13-8-5-4-6-9-13)17(23)21-15-11-7-10-14(20)12-15/h4-12,16H,1-3H3,(H,21,23)(H,24,25). The SMILES string of the molecule is CC(C)(C)N(C(=O)O)C(C(=O)Nc1cccc(Cl)c1)c1ccccc1. The van der Waals surface area contributed by atoms with Crippen LogP contribution in [0.4, 0.5) is 10.5 Å². The first kappa shape index (κ1) is 18.8. The van der Waals surface area contributed by atoms with E-state index in [1.54, 1.807) is 69.3 Å². The van der Waals surface area contributed by atoms with Crippen LogP contribution < -0.4 is 5.32 Å². The first-order valence-corrected chi connectivity index (χ1v) is 8.21. The fraction of sp³-hybridized carbons (Fsp3) is 0.263. The van der Waals surface area contributed by atoms with Crippen LogP contribution in [0.15, 0.2) is 54.6 Å². The van der Waals surface area contributed by atoms with E-state index in [1.165, 1.54) is 0 Å². The lowest BCUT2D eigenvalue weighted by molar-refractivity contribution is -0.122. The number of carbonyl (C=O) groups is 2. The Labute approximate surface area is 152 Å². The summed E-state index contributed by atoms with van der Waals surface area (Å²) in [4.78, 5) is 26.0. The molecule has 0 saturated heterocycles. The third-order valence-corrected chi connectivity index (χ3v) is 3.88. The van der Waals surface area contributed by atoms with Gasteiger partial charge in [-0.05, 0) is 44.5 Å². The lowest BCUT2D eigenvalue weighted by Crippen LogP contribution is -2.50. The molecule has 0 spiro atoms. The van der Waals surface area contributed by atoms with Gasteiger partial charge in [-0.2, -0.15) is 0 Å². The van der Waals surface area contributed by atoms with E-state index in [0.29, 0.717) is 16.3 Å². The molecule has 132 valence electrons. The Kier molecular flexibility index (Phi) is 5.69. The van der Waals surface area contributed by atoms with Crippen LogP contribution in [0.5, 0.6) is 0 Å². The summed E-state index contributed by atoms with van der Waals surface area (Å²) in [5.41, 5.74) is 0.343. The summed E-state index contributed by atoms with van der Waals surface area (Å²) < 4.78 is 0. The van der Waals surface area contributed by atoms with Crippen molar-refractivity contribution in [1.29, 1.82) is 0 Å². The molecule has 6 heteroatoms. The van der Waals surface area contributed by atoms with E-state index in [0.717, 1.165) is 4.90 Å². The summed E-state index contributed by atoms with van der Waals surface area (Å²) in [6.07, 6.45) is -1.16. The normalized spacial score (nSPS) is 12.3. The van der Waals surface area contributed by atoms with Crippen LogP contribution in [0.1, 0.15) is 32.4 Å². The second-order valence-corrected chi connectivity index (χ2v) is 7.07. The highest BCUT2D eigenvalue weighted by atomic mass is 35.5. The number of nitrogens with zero attached hydrogens (tertiary/aromatic N) is 1. The zero-order valence-electron chi connectivity index (χ0n) is 14.4. The van der Waals surface area contributed by atoms with Gasteiger partial charge >= 0.3 is 6.09 Å². The number of amides is 2. The summed E-state index contributed by atoms with van der Waals surface area (Å²) in [5.74, 6) is -0.439. The number of nitrogens with one attached hydrogen (secondary N) is 1. The fourth-order valence-corrected chi connectivity index (χ4v) is 2.80. The van der Waals surface area contributed by atoms with Crippen LogP contribution >= 0.6 is 11.6 Å². The molecule has 2 aromatic rings. The number of halogens is 1. The lowest BCUT2D eigenvalue weighted by atomic mass is 9.97. The summed E-state index contributed by atoms with van der Waals surface area (Å²) in [7, 11) is 0. The maximum absolute atomic E-state index is 13.0. The van der Waals surface area contributed by atoms with Crippen molar-refractivity contribution < 1.29 is 14.7 Å². The smallest absolute Gasteiger partial charge is 0.408 e. The van der Waals surface area contributed by atoms with E-state index in [9.17, 15) is 14.7 Å². The predicted molar refractivity (Wildman–Crippen MR) is 98.9 cm³/mol. The van der Waals surface area contributed by atoms with Crippen molar-refractivity contribution in [1.82, 2.24) is 4.90 Å². The zero-order chi connectivity index (χ0) is 18.6. The number of benzene rings is 2. The van der Waals surface area contributed by atoms with E-state index in [4.69, 9.17) is 11.6 Å². The topological polar surface area (TPSA) is 69.6 Å². The van der Waals surface area contributed by atoms with E-state index >= 15 is 0 Å². The lowest BCUT2D eigenvalue weighted by Gasteiger charge is -2.39. The average molecular weight is 361 g/mol. The summed E-state index contributed by atoms with van der Waals surface area (Å²) in [6.45, 7) is 5.26. The molecule has 0 aliphatic rings. The van der Waals surface area contributed by atoms with Crippen molar-refractivity contribution in [3.05, 3.63) is 65.2 Å². The first-order valence-electron chi connectivity index (χ1n) is 7.84. The fourth-order valence-electron chi connectivity index (χ4n) is 2.61. The zero-order valence-corrected chi connectivity index (χ0v) is 15.1. The minimum Gasteiger partial charge on any atom is -0.465 e. The molecule has 2 N–H and O–H groups in total. The molecule has 25 heavy (non-hydrogen) atoms. The molecule has 1 atom stereocenters. The number of carbonyl (C=O) groups excluding carboxylic acids is 1. The van der Waals surface area contributed by atoms with Crippen molar-refractivity contribution in [2.24, 2.45) is 0 Å².